The van der Waals surface area contributed by atoms with E-state index >= 15 is 0 Å². The van der Waals surface area contributed by atoms with Crippen LogP contribution in [0.3, 0.4) is 0 Å². The molecule has 7 nitrogen and oxygen atoms in total. The van der Waals surface area contributed by atoms with Gasteiger partial charge in [0, 0.05) is 28.6 Å². The summed E-state index contributed by atoms with van der Waals surface area (Å²) in [6.45, 7) is 3.25. The van der Waals surface area contributed by atoms with E-state index in [-0.39, 0.29) is 37.7 Å². The highest BCUT2D eigenvalue weighted by atomic mass is 35.5. The van der Waals surface area contributed by atoms with Crippen molar-refractivity contribution in [3.05, 3.63) is 50.7 Å². The Balaban J connectivity index is 1.69. The predicted molar refractivity (Wildman–Crippen MR) is 104 cm³/mol. The second-order valence-corrected chi connectivity index (χ2v) is 7.69. The monoisotopic (exact) mass is 404 g/mol. The van der Waals surface area contributed by atoms with Crippen molar-refractivity contribution in [3.63, 3.8) is 0 Å². The molecule has 1 fully saturated rings. The number of benzene rings is 1. The fourth-order valence-electron chi connectivity index (χ4n) is 3.90. The van der Waals surface area contributed by atoms with Crippen LogP contribution in [0.2, 0.25) is 5.02 Å². The minimum Gasteiger partial charge on any atom is -0.459 e. The number of hydrogen-bond donors (Lipinski definition) is 0. The first-order chi connectivity index (χ1) is 13.3. The van der Waals surface area contributed by atoms with Crippen LogP contribution in [0.1, 0.15) is 31.0 Å². The first kappa shape index (κ1) is 20.2. The van der Waals surface area contributed by atoms with Gasteiger partial charge in [-0.1, -0.05) is 36.7 Å². The van der Waals surface area contributed by atoms with Crippen LogP contribution in [0.4, 0.5) is 0 Å². The summed E-state index contributed by atoms with van der Waals surface area (Å²) in [7, 11) is 0. The number of carbonyl (C=O) groups excluding carboxylic acids is 2. The summed E-state index contributed by atoms with van der Waals surface area (Å²) in [4.78, 5) is 39.4. The lowest BCUT2D eigenvalue weighted by Gasteiger charge is -2.17. The quantitative estimate of drug-likeness (QED) is 0.413. The van der Waals surface area contributed by atoms with Crippen LogP contribution in [0, 0.1) is 34.8 Å². The lowest BCUT2D eigenvalue weighted by Crippen LogP contribution is -2.27. The van der Waals surface area contributed by atoms with Crippen LogP contribution >= 0.6 is 11.6 Å². The number of halogens is 1. The van der Waals surface area contributed by atoms with Gasteiger partial charge in [-0.3, -0.25) is 19.7 Å². The zero-order valence-corrected chi connectivity index (χ0v) is 16.4. The second-order valence-electron chi connectivity index (χ2n) is 7.31. The lowest BCUT2D eigenvalue weighted by molar-refractivity contribution is -0.490. The summed E-state index contributed by atoms with van der Waals surface area (Å²) in [5, 5.41) is 12.2. The van der Waals surface area contributed by atoms with Gasteiger partial charge in [0.2, 0.25) is 6.54 Å². The molecule has 0 aliphatic heterocycles. The summed E-state index contributed by atoms with van der Waals surface area (Å²) in [5.41, 5.74) is 2.05. The molecule has 0 bridgehead atoms. The summed E-state index contributed by atoms with van der Waals surface area (Å²) in [5.74, 6) is -1.93. The number of carbonyl (C=O) groups is 2. The molecule has 1 saturated carbocycles. The molecule has 0 spiro atoms. The van der Waals surface area contributed by atoms with Crippen molar-refractivity contribution in [1.82, 2.24) is 4.98 Å². The molecule has 0 amide bonds. The van der Waals surface area contributed by atoms with Crippen molar-refractivity contribution in [1.29, 1.82) is 0 Å². The molecule has 0 saturated heterocycles. The van der Waals surface area contributed by atoms with E-state index in [0.29, 0.717) is 10.7 Å². The predicted octanol–water partition coefficient (Wildman–Crippen LogP) is 3.75. The molecule has 8 heteroatoms. The fourth-order valence-corrected chi connectivity index (χ4v) is 4.10. The molecular formula is C20H21ClN2O5. The first-order valence-corrected chi connectivity index (χ1v) is 9.49. The fraction of sp³-hybridized carbons (Fsp3) is 0.450. The summed E-state index contributed by atoms with van der Waals surface area (Å²) < 4.78 is 5.30. The summed E-state index contributed by atoms with van der Waals surface area (Å²) in [6, 6.07) is 7.53. The van der Waals surface area contributed by atoms with Crippen LogP contribution in [0.5, 0.6) is 0 Å². The summed E-state index contributed by atoms with van der Waals surface area (Å²) in [6.07, 6.45) is 0.0968. The number of Topliss-reactive ketones (excluding diaryl/α,β-unsaturated/α-hetero) is 1. The molecule has 1 heterocycles. The standard InChI is InChI=1S/C20H21ClN2O5/c1-11-7-18(24)14(15(11)9-23(26)27)8-19(25)28-10-17-20(21)12(2)13-5-3-4-6-16(13)22-17/h3-6,11,14-15H,7-10H2,1-2H3/t11-,14+,15-/m1/s1. The molecule has 28 heavy (non-hydrogen) atoms. The van der Waals surface area contributed by atoms with Crippen LogP contribution < -0.4 is 0 Å². The van der Waals surface area contributed by atoms with E-state index < -0.39 is 22.7 Å². The highest BCUT2D eigenvalue weighted by Crippen LogP contribution is 2.36. The topological polar surface area (TPSA) is 99.4 Å². The average molecular weight is 405 g/mol. The van der Waals surface area contributed by atoms with Crippen LogP contribution in [-0.4, -0.2) is 28.2 Å². The van der Waals surface area contributed by atoms with Gasteiger partial charge in [0.25, 0.3) is 0 Å². The van der Waals surface area contributed by atoms with Crippen molar-refractivity contribution < 1.29 is 19.2 Å². The Kier molecular flexibility index (Phi) is 5.93. The van der Waals surface area contributed by atoms with Gasteiger partial charge in [0.15, 0.2) is 0 Å². The summed E-state index contributed by atoms with van der Waals surface area (Å²) >= 11 is 6.37. The van der Waals surface area contributed by atoms with Crippen molar-refractivity contribution in [2.45, 2.75) is 33.3 Å². The third-order valence-corrected chi connectivity index (χ3v) is 5.95. The molecular weight excluding hydrogens is 384 g/mol. The number of nitrogens with zero attached hydrogens (tertiary/aromatic N) is 2. The number of ketones is 1. The van der Waals surface area contributed by atoms with Gasteiger partial charge in [-0.2, -0.15) is 0 Å². The van der Waals surface area contributed by atoms with Gasteiger partial charge in [0.05, 0.1) is 22.7 Å². The molecule has 1 aromatic carbocycles. The average Bonchev–Trinajstić information content (AvgIpc) is 2.90. The maximum atomic E-state index is 12.3. The van der Waals surface area contributed by atoms with E-state index in [1.54, 1.807) is 6.92 Å². The number of pyridine rings is 1. The van der Waals surface area contributed by atoms with Crippen molar-refractivity contribution in [3.8, 4) is 0 Å². The van der Waals surface area contributed by atoms with Gasteiger partial charge < -0.3 is 4.74 Å². The maximum Gasteiger partial charge on any atom is 0.306 e. The first-order valence-electron chi connectivity index (χ1n) is 9.11. The largest absolute Gasteiger partial charge is 0.459 e. The van der Waals surface area contributed by atoms with E-state index in [2.05, 4.69) is 4.98 Å². The molecule has 3 rings (SSSR count). The Morgan fingerprint density at radius 3 is 2.82 bits per heavy atom. The minimum atomic E-state index is -0.672. The third kappa shape index (κ3) is 4.14. The molecule has 1 aliphatic rings. The zero-order chi connectivity index (χ0) is 20.4. The van der Waals surface area contributed by atoms with Gasteiger partial charge in [0.1, 0.15) is 12.4 Å². The van der Waals surface area contributed by atoms with E-state index in [1.807, 2.05) is 31.2 Å². The molecule has 3 atom stereocenters. The molecule has 0 unspecified atom stereocenters. The smallest absolute Gasteiger partial charge is 0.306 e. The normalized spacial score (nSPS) is 21.8. The van der Waals surface area contributed by atoms with Crippen LogP contribution in [0.15, 0.2) is 24.3 Å². The van der Waals surface area contributed by atoms with Crippen LogP contribution in [-0.2, 0) is 20.9 Å². The number of rotatable bonds is 6. The Bertz CT molecular complexity index is 946. The number of fused-ring (bicyclic) bond motifs is 1. The van der Waals surface area contributed by atoms with E-state index in [9.17, 15) is 19.7 Å². The number of ether oxygens (including phenoxy) is 1. The van der Waals surface area contributed by atoms with Crippen molar-refractivity contribution in [2.75, 3.05) is 6.54 Å². The third-order valence-electron chi connectivity index (χ3n) is 5.45. The SMILES string of the molecule is Cc1c(Cl)c(COC(=O)C[C@@H]2C(=O)C[C@@H](C)[C@H]2C[N+](=O)[O-])nc2ccccc12. The molecule has 148 valence electrons. The highest BCUT2D eigenvalue weighted by molar-refractivity contribution is 6.32. The Labute approximate surface area is 167 Å². The Hall–Kier alpha value is -2.54. The highest BCUT2D eigenvalue weighted by Gasteiger charge is 2.44. The van der Waals surface area contributed by atoms with Gasteiger partial charge in [-0.25, -0.2) is 4.98 Å². The van der Waals surface area contributed by atoms with E-state index in [0.717, 1.165) is 16.5 Å². The van der Waals surface area contributed by atoms with E-state index in [1.165, 1.54) is 0 Å². The maximum absolute atomic E-state index is 12.3. The number of esters is 1. The number of para-hydroxylation sites is 1. The van der Waals surface area contributed by atoms with Gasteiger partial charge in [-0.15, -0.1) is 0 Å². The molecule has 2 aromatic rings. The number of hydrogen-bond acceptors (Lipinski definition) is 6. The number of aromatic nitrogens is 1. The molecule has 0 N–H and O–H groups in total. The zero-order valence-electron chi connectivity index (χ0n) is 15.7. The number of nitro groups is 1. The number of aryl methyl sites for hydroxylation is 1. The molecule has 0 radical (unpaired) electrons. The Morgan fingerprint density at radius 1 is 1.39 bits per heavy atom. The van der Waals surface area contributed by atoms with Crippen LogP contribution in [0.25, 0.3) is 10.9 Å². The minimum absolute atomic E-state index is 0.111. The van der Waals surface area contributed by atoms with Crippen molar-refractivity contribution >= 4 is 34.3 Å². The molecule has 1 aromatic heterocycles. The van der Waals surface area contributed by atoms with Gasteiger partial charge in [-0.05, 0) is 24.5 Å². The second kappa shape index (κ2) is 8.22. The Morgan fingerprint density at radius 2 is 2.11 bits per heavy atom. The van der Waals surface area contributed by atoms with Gasteiger partial charge >= 0.3 is 5.97 Å². The van der Waals surface area contributed by atoms with Crippen molar-refractivity contribution in [2.24, 2.45) is 17.8 Å². The molecule has 1 aliphatic carbocycles. The lowest BCUT2D eigenvalue weighted by atomic mass is 9.88. The van der Waals surface area contributed by atoms with E-state index in [4.69, 9.17) is 16.3 Å².